The summed E-state index contributed by atoms with van der Waals surface area (Å²) >= 11 is 0. The van der Waals surface area contributed by atoms with E-state index in [0.29, 0.717) is 32.1 Å². The smallest absolute Gasteiger partial charge is 0.261 e. The van der Waals surface area contributed by atoms with Crippen LogP contribution in [0.25, 0.3) is 0 Å². The summed E-state index contributed by atoms with van der Waals surface area (Å²) in [5.74, 6) is 0.526. The van der Waals surface area contributed by atoms with Gasteiger partial charge in [-0.2, -0.15) is 0 Å². The SMILES string of the molecule is CCN1C(=O)CN(C(=O)COc2ccccc2)CC12CCOCC2. The lowest BCUT2D eigenvalue weighted by Gasteiger charge is -2.52. The van der Waals surface area contributed by atoms with Gasteiger partial charge in [0, 0.05) is 26.3 Å². The minimum Gasteiger partial charge on any atom is -0.484 e. The van der Waals surface area contributed by atoms with Crippen LogP contribution in [0.4, 0.5) is 0 Å². The summed E-state index contributed by atoms with van der Waals surface area (Å²) in [4.78, 5) is 28.6. The minimum absolute atomic E-state index is 0.0127. The number of hydrogen-bond donors (Lipinski definition) is 0. The maximum Gasteiger partial charge on any atom is 0.261 e. The van der Waals surface area contributed by atoms with E-state index in [4.69, 9.17) is 9.47 Å². The van der Waals surface area contributed by atoms with Gasteiger partial charge in [0.1, 0.15) is 5.75 Å². The van der Waals surface area contributed by atoms with E-state index in [-0.39, 0.29) is 30.5 Å². The molecular weight excluding hydrogens is 308 g/mol. The van der Waals surface area contributed by atoms with Crippen LogP contribution in [-0.4, -0.2) is 66.6 Å². The Kier molecular flexibility index (Phi) is 5.04. The molecule has 130 valence electrons. The highest BCUT2D eigenvalue weighted by Crippen LogP contribution is 2.32. The molecule has 0 aliphatic carbocycles. The fraction of sp³-hybridized carbons (Fsp3) is 0.556. The van der Waals surface area contributed by atoms with Crippen molar-refractivity contribution in [1.29, 1.82) is 0 Å². The van der Waals surface area contributed by atoms with Gasteiger partial charge in [-0.05, 0) is 31.9 Å². The van der Waals surface area contributed by atoms with Crippen molar-refractivity contribution in [3.63, 3.8) is 0 Å². The minimum atomic E-state index is -0.287. The van der Waals surface area contributed by atoms with Gasteiger partial charge < -0.3 is 19.3 Å². The fourth-order valence-corrected chi connectivity index (χ4v) is 3.63. The molecule has 0 bridgehead atoms. The highest BCUT2D eigenvalue weighted by molar-refractivity contribution is 5.87. The number of benzene rings is 1. The van der Waals surface area contributed by atoms with Gasteiger partial charge in [0.05, 0.1) is 12.1 Å². The summed E-state index contributed by atoms with van der Waals surface area (Å²) in [7, 11) is 0. The largest absolute Gasteiger partial charge is 0.484 e. The van der Waals surface area contributed by atoms with Gasteiger partial charge in [-0.1, -0.05) is 18.2 Å². The number of piperazine rings is 1. The number of nitrogens with zero attached hydrogens (tertiary/aromatic N) is 2. The maximum absolute atomic E-state index is 12.5. The second-order valence-electron chi connectivity index (χ2n) is 6.33. The number of ether oxygens (including phenoxy) is 2. The molecule has 0 radical (unpaired) electrons. The van der Waals surface area contributed by atoms with Gasteiger partial charge in [0.25, 0.3) is 5.91 Å². The predicted molar refractivity (Wildman–Crippen MR) is 88.7 cm³/mol. The molecule has 2 fully saturated rings. The van der Waals surface area contributed by atoms with Crippen molar-refractivity contribution in [1.82, 2.24) is 9.80 Å². The number of likely N-dealkylation sites (N-methyl/N-ethyl adjacent to an activating group) is 1. The first kappa shape index (κ1) is 16.8. The van der Waals surface area contributed by atoms with Crippen molar-refractivity contribution in [2.24, 2.45) is 0 Å². The average molecular weight is 332 g/mol. The first-order chi connectivity index (χ1) is 11.6. The van der Waals surface area contributed by atoms with Gasteiger partial charge in [0.2, 0.25) is 5.91 Å². The van der Waals surface area contributed by atoms with Crippen molar-refractivity contribution in [3.8, 4) is 5.75 Å². The van der Waals surface area contributed by atoms with Gasteiger partial charge in [-0.25, -0.2) is 0 Å². The van der Waals surface area contributed by atoms with Crippen LogP contribution in [-0.2, 0) is 14.3 Å². The zero-order chi connectivity index (χ0) is 17.0. The number of carbonyl (C=O) groups is 2. The lowest BCUT2D eigenvalue weighted by molar-refractivity contribution is -0.161. The van der Waals surface area contributed by atoms with Crippen LogP contribution < -0.4 is 4.74 Å². The molecule has 0 N–H and O–H groups in total. The summed E-state index contributed by atoms with van der Waals surface area (Å²) in [6, 6.07) is 9.24. The fourth-order valence-electron chi connectivity index (χ4n) is 3.63. The van der Waals surface area contributed by atoms with E-state index < -0.39 is 0 Å². The van der Waals surface area contributed by atoms with E-state index in [0.717, 1.165) is 12.8 Å². The molecule has 6 heteroatoms. The maximum atomic E-state index is 12.5. The van der Waals surface area contributed by atoms with E-state index in [1.165, 1.54) is 0 Å². The normalized spacial score (nSPS) is 20.3. The van der Waals surface area contributed by atoms with Crippen LogP contribution in [0.1, 0.15) is 19.8 Å². The number of rotatable bonds is 4. The van der Waals surface area contributed by atoms with E-state index in [1.807, 2.05) is 42.2 Å². The van der Waals surface area contributed by atoms with Gasteiger partial charge in [0.15, 0.2) is 6.61 Å². The quantitative estimate of drug-likeness (QED) is 0.834. The molecule has 0 saturated carbocycles. The monoisotopic (exact) mass is 332 g/mol. The molecule has 6 nitrogen and oxygen atoms in total. The predicted octanol–water partition coefficient (Wildman–Crippen LogP) is 1.31. The third-order valence-corrected chi connectivity index (χ3v) is 4.88. The molecule has 0 aromatic heterocycles. The Balaban J connectivity index is 1.67. The number of para-hydroxylation sites is 1. The molecule has 2 saturated heterocycles. The van der Waals surface area contributed by atoms with Crippen molar-refractivity contribution < 1.29 is 19.1 Å². The summed E-state index contributed by atoms with van der Waals surface area (Å²) in [6.07, 6.45) is 1.55. The van der Waals surface area contributed by atoms with Crippen LogP contribution in [0.5, 0.6) is 5.75 Å². The highest BCUT2D eigenvalue weighted by atomic mass is 16.5. The molecule has 1 aromatic carbocycles. The van der Waals surface area contributed by atoms with Gasteiger partial charge >= 0.3 is 0 Å². The van der Waals surface area contributed by atoms with Crippen molar-refractivity contribution in [3.05, 3.63) is 30.3 Å². The zero-order valence-electron chi connectivity index (χ0n) is 14.1. The topological polar surface area (TPSA) is 59.1 Å². The summed E-state index contributed by atoms with van der Waals surface area (Å²) in [5, 5.41) is 0. The lowest BCUT2D eigenvalue weighted by atomic mass is 9.85. The molecule has 2 aliphatic rings. The standard InChI is InChI=1S/C18H24N2O4/c1-2-20-16(21)12-19(14-18(20)8-10-23-11-9-18)17(22)13-24-15-6-4-3-5-7-15/h3-7H,2,8-14H2,1H3. The Morgan fingerprint density at radius 1 is 1.25 bits per heavy atom. The molecule has 2 heterocycles. The molecule has 1 aromatic rings. The van der Waals surface area contributed by atoms with E-state index in [9.17, 15) is 9.59 Å². The van der Waals surface area contributed by atoms with E-state index >= 15 is 0 Å². The Labute approximate surface area is 142 Å². The van der Waals surface area contributed by atoms with Crippen LogP contribution in [0.2, 0.25) is 0 Å². The molecule has 3 rings (SSSR count). The van der Waals surface area contributed by atoms with Crippen LogP contribution in [0.3, 0.4) is 0 Å². The first-order valence-electron chi connectivity index (χ1n) is 8.48. The molecule has 0 unspecified atom stereocenters. The number of amides is 2. The molecular formula is C18H24N2O4. The lowest BCUT2D eigenvalue weighted by Crippen LogP contribution is -2.67. The Morgan fingerprint density at radius 3 is 2.62 bits per heavy atom. The third-order valence-electron chi connectivity index (χ3n) is 4.88. The second kappa shape index (κ2) is 7.21. The number of carbonyl (C=O) groups excluding carboxylic acids is 2. The zero-order valence-corrected chi connectivity index (χ0v) is 14.1. The van der Waals surface area contributed by atoms with Crippen molar-refractivity contribution in [2.45, 2.75) is 25.3 Å². The average Bonchev–Trinajstić information content (AvgIpc) is 2.61. The highest BCUT2D eigenvalue weighted by Gasteiger charge is 2.46. The second-order valence-corrected chi connectivity index (χ2v) is 6.33. The van der Waals surface area contributed by atoms with Gasteiger partial charge in [-0.3, -0.25) is 9.59 Å². The summed E-state index contributed by atoms with van der Waals surface area (Å²) < 4.78 is 11.0. The summed E-state index contributed by atoms with van der Waals surface area (Å²) in [5.41, 5.74) is -0.287. The van der Waals surface area contributed by atoms with Crippen molar-refractivity contribution >= 4 is 11.8 Å². The van der Waals surface area contributed by atoms with E-state index in [1.54, 1.807) is 4.90 Å². The Bertz CT molecular complexity index is 584. The number of hydrogen-bond acceptors (Lipinski definition) is 4. The van der Waals surface area contributed by atoms with Gasteiger partial charge in [-0.15, -0.1) is 0 Å². The van der Waals surface area contributed by atoms with Crippen LogP contribution in [0.15, 0.2) is 30.3 Å². The molecule has 2 aliphatic heterocycles. The van der Waals surface area contributed by atoms with Crippen LogP contribution >= 0.6 is 0 Å². The van der Waals surface area contributed by atoms with Crippen molar-refractivity contribution in [2.75, 3.05) is 39.5 Å². The Hall–Kier alpha value is -2.08. The van der Waals surface area contributed by atoms with Crippen LogP contribution in [0, 0.1) is 0 Å². The Morgan fingerprint density at radius 2 is 1.96 bits per heavy atom. The summed E-state index contributed by atoms with van der Waals surface area (Å²) in [6.45, 7) is 4.57. The van der Waals surface area contributed by atoms with E-state index in [2.05, 4.69) is 0 Å². The molecule has 0 atom stereocenters. The molecule has 1 spiro atoms. The first-order valence-corrected chi connectivity index (χ1v) is 8.48. The molecule has 24 heavy (non-hydrogen) atoms. The third kappa shape index (κ3) is 3.38. The molecule has 2 amide bonds.